The summed E-state index contributed by atoms with van der Waals surface area (Å²) in [5.74, 6) is 0.680. The van der Waals surface area contributed by atoms with Gasteiger partial charge in [-0.25, -0.2) is 4.98 Å². The number of benzene rings is 2. The van der Waals surface area contributed by atoms with E-state index in [0.717, 1.165) is 14.7 Å². The third-order valence-corrected chi connectivity index (χ3v) is 5.27. The van der Waals surface area contributed by atoms with E-state index in [-0.39, 0.29) is 5.56 Å². The summed E-state index contributed by atoms with van der Waals surface area (Å²) in [4.78, 5) is 17.6. The quantitative estimate of drug-likeness (QED) is 0.421. The highest BCUT2D eigenvalue weighted by Gasteiger charge is 2.09. The number of aromatic nitrogens is 3. The Hall–Kier alpha value is -2.41. The molecule has 26 heavy (non-hydrogen) atoms. The third-order valence-electron chi connectivity index (χ3n) is 4.60. The van der Waals surface area contributed by atoms with Gasteiger partial charge in [-0.15, -0.1) is 0 Å². The van der Waals surface area contributed by atoms with Crippen molar-refractivity contribution in [3.8, 4) is 0 Å². The van der Waals surface area contributed by atoms with Crippen LogP contribution in [-0.2, 0) is 13.6 Å². The van der Waals surface area contributed by atoms with Gasteiger partial charge in [0.25, 0.3) is 5.56 Å². The van der Waals surface area contributed by atoms with Gasteiger partial charge in [0.2, 0.25) is 0 Å². The summed E-state index contributed by atoms with van der Waals surface area (Å²) in [5.41, 5.74) is 3.04. The average Bonchev–Trinajstić information content (AvgIpc) is 2.97. The molecule has 0 atom stereocenters. The maximum atomic E-state index is 12.8. The summed E-state index contributed by atoms with van der Waals surface area (Å²) in [6.45, 7) is 2.56. The Bertz CT molecular complexity index is 1220. The van der Waals surface area contributed by atoms with E-state index in [1.165, 1.54) is 10.9 Å². The molecule has 2 aromatic heterocycles. The first-order valence-corrected chi connectivity index (χ1v) is 9.58. The van der Waals surface area contributed by atoms with Crippen LogP contribution >= 0.6 is 22.6 Å². The molecule has 0 bridgehead atoms. The van der Waals surface area contributed by atoms with E-state index in [2.05, 4.69) is 45.5 Å². The smallest absolute Gasteiger partial charge is 0.261 e. The van der Waals surface area contributed by atoms with Crippen LogP contribution in [0, 0.1) is 3.57 Å². The fraction of sp³-hybridized carbons (Fsp3) is 0.143. The van der Waals surface area contributed by atoms with Crippen LogP contribution in [0.3, 0.4) is 0 Å². The molecule has 0 aliphatic carbocycles. The maximum Gasteiger partial charge on any atom is 0.261 e. The van der Waals surface area contributed by atoms with E-state index in [0.29, 0.717) is 17.8 Å². The zero-order valence-corrected chi connectivity index (χ0v) is 16.8. The predicted octanol–water partition coefficient (Wildman–Crippen LogP) is 4.68. The molecular formula is C21H18IN3O. The Kier molecular flexibility index (Phi) is 4.40. The Labute approximate surface area is 164 Å². The SMILES string of the molecule is CCn1c(/C=C/c2cn(C)c3ccccc23)nc2ccc(I)cc2c1=O. The van der Waals surface area contributed by atoms with Crippen molar-refractivity contribution in [1.82, 2.24) is 14.1 Å². The highest BCUT2D eigenvalue weighted by molar-refractivity contribution is 14.1. The lowest BCUT2D eigenvalue weighted by atomic mass is 10.1. The molecule has 2 heterocycles. The van der Waals surface area contributed by atoms with Crippen molar-refractivity contribution in [2.24, 2.45) is 7.05 Å². The average molecular weight is 455 g/mol. The number of nitrogens with zero attached hydrogens (tertiary/aromatic N) is 3. The van der Waals surface area contributed by atoms with Crippen LogP contribution in [0.4, 0.5) is 0 Å². The fourth-order valence-electron chi connectivity index (χ4n) is 3.31. The second-order valence-corrected chi connectivity index (χ2v) is 7.47. The summed E-state index contributed by atoms with van der Waals surface area (Å²) in [7, 11) is 2.04. The van der Waals surface area contributed by atoms with E-state index in [1.54, 1.807) is 4.57 Å². The molecule has 0 spiro atoms. The summed E-state index contributed by atoms with van der Waals surface area (Å²) in [5, 5.41) is 1.85. The maximum absolute atomic E-state index is 12.8. The van der Waals surface area contributed by atoms with Gasteiger partial charge in [0.15, 0.2) is 0 Å². The number of hydrogen-bond donors (Lipinski definition) is 0. The molecule has 5 heteroatoms. The number of rotatable bonds is 3. The van der Waals surface area contributed by atoms with Crippen molar-refractivity contribution in [3.05, 3.63) is 74.0 Å². The van der Waals surface area contributed by atoms with Gasteiger partial charge in [0, 0.05) is 39.8 Å². The van der Waals surface area contributed by atoms with Crippen LogP contribution in [0.2, 0.25) is 0 Å². The summed E-state index contributed by atoms with van der Waals surface area (Å²) < 4.78 is 4.87. The van der Waals surface area contributed by atoms with Gasteiger partial charge in [0.05, 0.1) is 10.9 Å². The number of aryl methyl sites for hydroxylation is 1. The van der Waals surface area contributed by atoms with Crippen molar-refractivity contribution in [2.45, 2.75) is 13.5 Å². The van der Waals surface area contributed by atoms with Crippen LogP contribution in [0.15, 0.2) is 53.5 Å². The van der Waals surface area contributed by atoms with E-state index in [9.17, 15) is 4.79 Å². The second kappa shape index (κ2) is 6.72. The number of hydrogen-bond acceptors (Lipinski definition) is 2. The molecule has 0 saturated carbocycles. The van der Waals surface area contributed by atoms with Gasteiger partial charge in [-0.1, -0.05) is 18.2 Å². The van der Waals surface area contributed by atoms with Gasteiger partial charge in [0.1, 0.15) is 5.82 Å². The topological polar surface area (TPSA) is 39.8 Å². The lowest BCUT2D eigenvalue weighted by molar-refractivity contribution is 0.708. The van der Waals surface area contributed by atoms with Crippen LogP contribution in [0.5, 0.6) is 0 Å². The van der Waals surface area contributed by atoms with Crippen LogP contribution in [0.1, 0.15) is 18.3 Å². The minimum Gasteiger partial charge on any atom is -0.350 e. The largest absolute Gasteiger partial charge is 0.350 e. The molecule has 0 N–H and O–H groups in total. The number of para-hydroxylation sites is 1. The highest BCUT2D eigenvalue weighted by atomic mass is 127. The Morgan fingerprint density at radius 1 is 1.12 bits per heavy atom. The third kappa shape index (κ3) is 2.86. The minimum atomic E-state index is 0.00795. The minimum absolute atomic E-state index is 0.00795. The van der Waals surface area contributed by atoms with Gasteiger partial charge in [-0.2, -0.15) is 0 Å². The molecule has 130 valence electrons. The fourth-order valence-corrected chi connectivity index (χ4v) is 3.80. The molecule has 4 aromatic rings. The lowest BCUT2D eigenvalue weighted by Gasteiger charge is -2.09. The lowest BCUT2D eigenvalue weighted by Crippen LogP contribution is -2.23. The van der Waals surface area contributed by atoms with E-state index in [4.69, 9.17) is 4.98 Å². The molecular weight excluding hydrogens is 437 g/mol. The first-order chi connectivity index (χ1) is 12.6. The first kappa shape index (κ1) is 17.0. The standard InChI is InChI=1S/C21H18IN3O/c1-3-25-20(23-18-10-9-15(22)12-17(18)21(25)26)11-8-14-13-24(2)19-7-5-4-6-16(14)19/h4-13H,3H2,1-2H3/b11-8+. The molecule has 0 aliphatic heterocycles. The second-order valence-electron chi connectivity index (χ2n) is 6.23. The Balaban J connectivity index is 1.87. The van der Waals surface area contributed by atoms with Crippen LogP contribution in [0.25, 0.3) is 34.0 Å². The summed E-state index contributed by atoms with van der Waals surface area (Å²) in [6, 6.07) is 14.1. The molecule has 0 amide bonds. The molecule has 4 nitrogen and oxygen atoms in total. The molecule has 0 aliphatic rings. The van der Waals surface area contributed by atoms with Crippen LogP contribution in [-0.4, -0.2) is 14.1 Å². The van der Waals surface area contributed by atoms with Crippen molar-refractivity contribution in [1.29, 1.82) is 0 Å². The Morgan fingerprint density at radius 2 is 1.92 bits per heavy atom. The van der Waals surface area contributed by atoms with Gasteiger partial charge in [-0.3, -0.25) is 9.36 Å². The molecule has 0 saturated heterocycles. The van der Waals surface area contributed by atoms with Crippen molar-refractivity contribution in [2.75, 3.05) is 0 Å². The van der Waals surface area contributed by atoms with E-state index < -0.39 is 0 Å². The molecule has 2 aromatic carbocycles. The monoisotopic (exact) mass is 455 g/mol. The normalized spacial score (nSPS) is 11.8. The Morgan fingerprint density at radius 3 is 2.73 bits per heavy atom. The summed E-state index contributed by atoms with van der Waals surface area (Å²) >= 11 is 2.22. The van der Waals surface area contributed by atoms with E-state index in [1.807, 2.05) is 56.5 Å². The highest BCUT2D eigenvalue weighted by Crippen LogP contribution is 2.22. The first-order valence-electron chi connectivity index (χ1n) is 8.50. The van der Waals surface area contributed by atoms with Crippen molar-refractivity contribution in [3.63, 3.8) is 0 Å². The zero-order chi connectivity index (χ0) is 18.3. The van der Waals surface area contributed by atoms with Crippen molar-refractivity contribution >= 4 is 56.5 Å². The predicted molar refractivity (Wildman–Crippen MR) is 116 cm³/mol. The molecule has 0 fully saturated rings. The molecule has 4 rings (SSSR count). The van der Waals surface area contributed by atoms with Gasteiger partial charge < -0.3 is 4.57 Å². The molecule has 0 unspecified atom stereocenters. The zero-order valence-electron chi connectivity index (χ0n) is 14.6. The number of fused-ring (bicyclic) bond motifs is 2. The van der Waals surface area contributed by atoms with Crippen LogP contribution < -0.4 is 5.56 Å². The molecule has 0 radical (unpaired) electrons. The van der Waals surface area contributed by atoms with E-state index >= 15 is 0 Å². The van der Waals surface area contributed by atoms with Crippen molar-refractivity contribution < 1.29 is 0 Å². The number of halogens is 1. The summed E-state index contributed by atoms with van der Waals surface area (Å²) in [6.07, 6.45) is 6.07. The van der Waals surface area contributed by atoms with Gasteiger partial charge >= 0.3 is 0 Å². The van der Waals surface area contributed by atoms with Gasteiger partial charge in [-0.05, 0) is 65.9 Å².